The number of benzene rings is 2. The third kappa shape index (κ3) is 2.54. The molecule has 0 fully saturated rings. The topological polar surface area (TPSA) is 48.1 Å². The minimum atomic E-state index is -1.04. The summed E-state index contributed by atoms with van der Waals surface area (Å²) in [6.07, 6.45) is 3.17. The predicted molar refractivity (Wildman–Crippen MR) is 80.3 cm³/mol. The Kier molecular flexibility index (Phi) is 3.47. The summed E-state index contributed by atoms with van der Waals surface area (Å²) in [4.78, 5) is 3.99. The molecule has 0 bridgehead atoms. The van der Waals surface area contributed by atoms with Crippen molar-refractivity contribution < 1.29 is 13.5 Å². The summed E-state index contributed by atoms with van der Waals surface area (Å²) in [7, 11) is 0. The zero-order chi connectivity index (χ0) is 15.0. The number of nitrogen functional groups attached to an aromatic ring is 1. The van der Waals surface area contributed by atoms with Crippen LogP contribution in [0.2, 0.25) is 0 Å². The molecular formula is C15H9BrF2N2O. The number of nitrogens with zero attached hydrogens (tertiary/aromatic N) is 1. The van der Waals surface area contributed by atoms with Crippen molar-refractivity contribution in [3.8, 4) is 11.5 Å². The van der Waals surface area contributed by atoms with Crippen LogP contribution in [0.4, 0.5) is 14.5 Å². The van der Waals surface area contributed by atoms with E-state index in [9.17, 15) is 8.78 Å². The van der Waals surface area contributed by atoms with E-state index in [1.165, 1.54) is 6.07 Å². The molecule has 0 aliphatic rings. The number of nitrogens with two attached hydrogens (primary N) is 1. The molecule has 3 aromatic rings. The fourth-order valence-electron chi connectivity index (χ4n) is 2.00. The monoisotopic (exact) mass is 350 g/mol. The molecule has 6 heteroatoms. The maximum atomic E-state index is 13.8. The van der Waals surface area contributed by atoms with Gasteiger partial charge in [0.1, 0.15) is 5.75 Å². The molecule has 0 atom stereocenters. The van der Waals surface area contributed by atoms with Crippen LogP contribution < -0.4 is 10.5 Å². The van der Waals surface area contributed by atoms with Gasteiger partial charge in [-0.3, -0.25) is 4.98 Å². The second-order valence-corrected chi connectivity index (χ2v) is 5.29. The van der Waals surface area contributed by atoms with Crippen LogP contribution in [0.3, 0.4) is 0 Å². The molecular weight excluding hydrogens is 342 g/mol. The molecule has 0 saturated carbocycles. The largest absolute Gasteiger partial charge is 0.453 e. The Morgan fingerprint density at radius 3 is 2.67 bits per heavy atom. The maximum Gasteiger partial charge on any atom is 0.201 e. The fourth-order valence-corrected chi connectivity index (χ4v) is 2.41. The number of halogens is 3. The summed E-state index contributed by atoms with van der Waals surface area (Å²) >= 11 is 3.11. The first kappa shape index (κ1) is 13.8. The van der Waals surface area contributed by atoms with Crippen molar-refractivity contribution in [3.63, 3.8) is 0 Å². The Bertz CT molecular complexity index is 839. The summed E-state index contributed by atoms with van der Waals surface area (Å²) in [6, 6.07) is 7.34. The zero-order valence-electron chi connectivity index (χ0n) is 10.6. The SMILES string of the molecule is Nc1ccc(Oc2cc(Br)cc(F)c2F)c2ccncc12. The average Bonchev–Trinajstić information content (AvgIpc) is 2.47. The van der Waals surface area contributed by atoms with Gasteiger partial charge in [-0.05, 0) is 30.3 Å². The molecule has 3 nitrogen and oxygen atoms in total. The first-order valence-corrected chi connectivity index (χ1v) is 6.80. The lowest BCUT2D eigenvalue weighted by Crippen LogP contribution is -1.95. The highest BCUT2D eigenvalue weighted by atomic mass is 79.9. The third-order valence-corrected chi connectivity index (χ3v) is 3.45. The van der Waals surface area contributed by atoms with E-state index < -0.39 is 11.6 Å². The standard InChI is InChI=1S/C15H9BrF2N2O/c16-8-5-11(17)15(18)14(6-8)21-13-2-1-12(19)10-7-20-4-3-9(10)13/h1-7H,19H2. The lowest BCUT2D eigenvalue weighted by atomic mass is 10.1. The van der Waals surface area contributed by atoms with Gasteiger partial charge in [-0.25, -0.2) is 4.39 Å². The Labute approximate surface area is 127 Å². The van der Waals surface area contributed by atoms with E-state index in [1.807, 2.05) is 0 Å². The Morgan fingerprint density at radius 1 is 1.05 bits per heavy atom. The highest BCUT2D eigenvalue weighted by Gasteiger charge is 2.14. The lowest BCUT2D eigenvalue weighted by Gasteiger charge is -2.11. The van der Waals surface area contributed by atoms with Crippen LogP contribution >= 0.6 is 15.9 Å². The number of aromatic nitrogens is 1. The molecule has 0 unspecified atom stereocenters. The van der Waals surface area contributed by atoms with E-state index in [0.29, 0.717) is 26.7 Å². The van der Waals surface area contributed by atoms with Crippen LogP contribution in [0.15, 0.2) is 47.2 Å². The molecule has 1 aromatic heterocycles. The van der Waals surface area contributed by atoms with E-state index in [0.717, 1.165) is 6.07 Å². The lowest BCUT2D eigenvalue weighted by molar-refractivity contribution is 0.418. The van der Waals surface area contributed by atoms with E-state index in [1.54, 1.807) is 30.6 Å². The van der Waals surface area contributed by atoms with Crippen LogP contribution in [0.25, 0.3) is 10.8 Å². The van der Waals surface area contributed by atoms with Gasteiger partial charge in [0, 0.05) is 33.3 Å². The van der Waals surface area contributed by atoms with Gasteiger partial charge >= 0.3 is 0 Å². The molecule has 2 N–H and O–H groups in total. The average molecular weight is 351 g/mol. The first-order valence-electron chi connectivity index (χ1n) is 6.01. The second kappa shape index (κ2) is 5.29. The molecule has 2 aromatic carbocycles. The van der Waals surface area contributed by atoms with E-state index in [4.69, 9.17) is 10.5 Å². The Morgan fingerprint density at radius 2 is 1.86 bits per heavy atom. The summed E-state index contributed by atoms with van der Waals surface area (Å²) in [5, 5.41) is 1.36. The van der Waals surface area contributed by atoms with Gasteiger partial charge < -0.3 is 10.5 Å². The predicted octanol–water partition coefficient (Wildman–Crippen LogP) is 4.65. The number of hydrogen-bond donors (Lipinski definition) is 1. The van der Waals surface area contributed by atoms with E-state index in [-0.39, 0.29) is 5.75 Å². The molecule has 21 heavy (non-hydrogen) atoms. The van der Waals surface area contributed by atoms with Crippen molar-refractivity contribution in [3.05, 3.63) is 58.8 Å². The van der Waals surface area contributed by atoms with Crippen LogP contribution in [0.5, 0.6) is 11.5 Å². The maximum absolute atomic E-state index is 13.8. The zero-order valence-corrected chi connectivity index (χ0v) is 12.2. The van der Waals surface area contributed by atoms with Crippen molar-refractivity contribution in [2.24, 2.45) is 0 Å². The Balaban J connectivity index is 2.13. The van der Waals surface area contributed by atoms with Crippen LogP contribution in [0, 0.1) is 11.6 Å². The second-order valence-electron chi connectivity index (χ2n) is 4.38. The van der Waals surface area contributed by atoms with Crippen molar-refractivity contribution in [2.45, 2.75) is 0 Å². The van der Waals surface area contributed by atoms with Crippen LogP contribution in [0.1, 0.15) is 0 Å². The van der Waals surface area contributed by atoms with Crippen LogP contribution in [-0.4, -0.2) is 4.98 Å². The molecule has 0 saturated heterocycles. The molecule has 0 spiro atoms. The van der Waals surface area contributed by atoms with E-state index >= 15 is 0 Å². The molecule has 1 heterocycles. The minimum absolute atomic E-state index is 0.204. The normalized spacial score (nSPS) is 10.8. The van der Waals surface area contributed by atoms with Gasteiger partial charge in [-0.15, -0.1) is 0 Å². The number of fused-ring (bicyclic) bond motifs is 1. The van der Waals surface area contributed by atoms with Gasteiger partial charge in [-0.2, -0.15) is 4.39 Å². The molecule has 0 aliphatic heterocycles. The summed E-state index contributed by atoms with van der Waals surface area (Å²) in [6.45, 7) is 0. The highest BCUT2D eigenvalue weighted by molar-refractivity contribution is 9.10. The summed E-state index contributed by atoms with van der Waals surface area (Å²) in [5.41, 5.74) is 6.39. The van der Waals surface area contributed by atoms with E-state index in [2.05, 4.69) is 20.9 Å². The fraction of sp³-hybridized carbons (Fsp3) is 0. The van der Waals surface area contributed by atoms with Gasteiger partial charge in [-0.1, -0.05) is 15.9 Å². The first-order chi connectivity index (χ1) is 10.1. The molecule has 3 rings (SSSR count). The van der Waals surface area contributed by atoms with Crippen LogP contribution in [-0.2, 0) is 0 Å². The molecule has 0 aliphatic carbocycles. The quantitative estimate of drug-likeness (QED) is 0.540. The van der Waals surface area contributed by atoms with Crippen molar-refractivity contribution in [2.75, 3.05) is 5.73 Å². The molecule has 0 radical (unpaired) electrons. The molecule has 106 valence electrons. The smallest absolute Gasteiger partial charge is 0.201 e. The van der Waals surface area contributed by atoms with Gasteiger partial charge in [0.15, 0.2) is 11.6 Å². The number of anilines is 1. The van der Waals surface area contributed by atoms with Gasteiger partial charge in [0.25, 0.3) is 0 Å². The summed E-state index contributed by atoms with van der Waals surface area (Å²) in [5.74, 6) is -1.86. The number of rotatable bonds is 2. The highest BCUT2D eigenvalue weighted by Crippen LogP contribution is 2.35. The summed E-state index contributed by atoms with van der Waals surface area (Å²) < 4.78 is 33.1. The van der Waals surface area contributed by atoms with Crippen molar-refractivity contribution in [1.29, 1.82) is 0 Å². The molecule has 0 amide bonds. The minimum Gasteiger partial charge on any atom is -0.453 e. The van der Waals surface area contributed by atoms with Gasteiger partial charge in [0.05, 0.1) is 0 Å². The van der Waals surface area contributed by atoms with Crippen molar-refractivity contribution >= 4 is 32.4 Å². The Hall–Kier alpha value is -2.21. The number of pyridine rings is 1. The number of ether oxygens (including phenoxy) is 1. The third-order valence-electron chi connectivity index (χ3n) is 2.99. The number of hydrogen-bond acceptors (Lipinski definition) is 3. The van der Waals surface area contributed by atoms with Crippen molar-refractivity contribution in [1.82, 2.24) is 4.98 Å². The van der Waals surface area contributed by atoms with Gasteiger partial charge in [0.2, 0.25) is 5.82 Å².